The number of likely N-dealkylation sites (tertiary alicyclic amines) is 1. The second-order valence-electron chi connectivity index (χ2n) is 6.24. The van der Waals surface area contributed by atoms with Gasteiger partial charge in [-0.05, 0) is 33.1 Å². The molecule has 2 heterocycles. The molecule has 2 N–H and O–H groups in total. The minimum atomic E-state index is 0. The van der Waals surface area contributed by atoms with E-state index in [0.29, 0.717) is 12.3 Å². The molecular formula is C18H32IN5OS. The smallest absolute Gasteiger partial charge is 0.222 e. The van der Waals surface area contributed by atoms with Gasteiger partial charge in [0, 0.05) is 50.4 Å². The van der Waals surface area contributed by atoms with E-state index in [2.05, 4.69) is 41.4 Å². The number of carbonyl (C=O) groups excluding carboxylic acids is 1. The van der Waals surface area contributed by atoms with Crippen LogP contribution < -0.4 is 10.6 Å². The van der Waals surface area contributed by atoms with E-state index in [-0.39, 0.29) is 24.0 Å². The summed E-state index contributed by atoms with van der Waals surface area (Å²) in [5, 5.41) is 7.84. The molecule has 1 aliphatic rings. The summed E-state index contributed by atoms with van der Waals surface area (Å²) in [7, 11) is 0. The molecule has 0 aromatic carbocycles. The average Bonchev–Trinajstić information content (AvgIpc) is 3.16. The first-order chi connectivity index (χ1) is 12.1. The standard InChI is InChI=1S/C18H31N5OS.HI/c1-4-15-14(3)25-16(22-15)9-11-21-18(19-5-2)20-10-7-13-23-12-6-8-17(23)24;/h4-13H2,1-3H3,(H2,19,20,21);1H. The van der Waals surface area contributed by atoms with Gasteiger partial charge in [0.15, 0.2) is 5.96 Å². The number of thiazole rings is 1. The largest absolute Gasteiger partial charge is 0.357 e. The van der Waals surface area contributed by atoms with E-state index in [0.717, 1.165) is 64.4 Å². The van der Waals surface area contributed by atoms with Crippen molar-refractivity contribution < 1.29 is 4.79 Å². The highest BCUT2D eigenvalue weighted by Crippen LogP contribution is 2.17. The number of aliphatic imine (C=N–C) groups is 1. The Kier molecular flexibility index (Phi) is 11.1. The molecule has 1 aromatic rings. The first kappa shape index (κ1) is 23.1. The van der Waals surface area contributed by atoms with Gasteiger partial charge in [0.25, 0.3) is 0 Å². The van der Waals surface area contributed by atoms with E-state index in [1.807, 2.05) is 4.90 Å². The zero-order valence-electron chi connectivity index (χ0n) is 16.1. The molecular weight excluding hydrogens is 461 g/mol. The second-order valence-corrected chi connectivity index (χ2v) is 7.53. The summed E-state index contributed by atoms with van der Waals surface area (Å²) in [5.41, 5.74) is 1.22. The Balaban J connectivity index is 0.00000338. The zero-order chi connectivity index (χ0) is 18.1. The maximum atomic E-state index is 11.6. The molecule has 1 saturated heterocycles. The average molecular weight is 493 g/mol. The molecule has 1 fully saturated rings. The van der Waals surface area contributed by atoms with Gasteiger partial charge in [-0.1, -0.05) is 6.92 Å². The van der Waals surface area contributed by atoms with Crippen LogP contribution in [0.25, 0.3) is 0 Å². The molecule has 0 saturated carbocycles. The second kappa shape index (κ2) is 12.5. The van der Waals surface area contributed by atoms with Crippen LogP contribution in [0.4, 0.5) is 0 Å². The topological polar surface area (TPSA) is 69.6 Å². The predicted octanol–water partition coefficient (Wildman–Crippen LogP) is 2.74. The Morgan fingerprint density at radius 3 is 2.77 bits per heavy atom. The van der Waals surface area contributed by atoms with Crippen LogP contribution in [0.5, 0.6) is 0 Å². The van der Waals surface area contributed by atoms with Gasteiger partial charge in [-0.25, -0.2) is 4.98 Å². The maximum absolute atomic E-state index is 11.6. The van der Waals surface area contributed by atoms with Gasteiger partial charge < -0.3 is 15.5 Å². The first-order valence-corrected chi connectivity index (χ1v) is 10.2. The van der Waals surface area contributed by atoms with Gasteiger partial charge in [0.05, 0.1) is 10.7 Å². The molecule has 0 bridgehead atoms. The monoisotopic (exact) mass is 493 g/mol. The summed E-state index contributed by atoms with van der Waals surface area (Å²) in [6, 6.07) is 0. The number of hydrogen-bond donors (Lipinski definition) is 2. The Hall–Kier alpha value is -0.900. The number of aromatic nitrogens is 1. The Labute approximate surface area is 178 Å². The van der Waals surface area contributed by atoms with E-state index in [4.69, 9.17) is 0 Å². The summed E-state index contributed by atoms with van der Waals surface area (Å²) in [5.74, 6) is 1.14. The van der Waals surface area contributed by atoms with Crippen LogP contribution in [0.2, 0.25) is 0 Å². The molecule has 2 rings (SSSR count). The van der Waals surface area contributed by atoms with Crippen LogP contribution in [0.15, 0.2) is 4.99 Å². The number of nitrogens with zero attached hydrogens (tertiary/aromatic N) is 3. The van der Waals surface area contributed by atoms with Crippen LogP contribution in [-0.4, -0.2) is 54.5 Å². The number of amides is 1. The fraction of sp³-hybridized carbons (Fsp3) is 0.722. The summed E-state index contributed by atoms with van der Waals surface area (Å²) in [6.07, 6.45) is 4.54. The Morgan fingerprint density at radius 1 is 1.35 bits per heavy atom. The maximum Gasteiger partial charge on any atom is 0.222 e. The van der Waals surface area contributed by atoms with Crippen molar-refractivity contribution in [3.05, 3.63) is 15.6 Å². The molecule has 6 nitrogen and oxygen atoms in total. The summed E-state index contributed by atoms with van der Waals surface area (Å²) in [6.45, 7) is 10.5. The summed E-state index contributed by atoms with van der Waals surface area (Å²) in [4.78, 5) is 24.2. The van der Waals surface area contributed by atoms with E-state index in [9.17, 15) is 4.79 Å². The van der Waals surface area contributed by atoms with Gasteiger partial charge in [-0.3, -0.25) is 9.79 Å². The number of nitrogens with one attached hydrogen (secondary N) is 2. The van der Waals surface area contributed by atoms with Gasteiger partial charge in [-0.2, -0.15) is 0 Å². The van der Waals surface area contributed by atoms with Gasteiger partial charge in [0.2, 0.25) is 5.91 Å². The molecule has 26 heavy (non-hydrogen) atoms. The van der Waals surface area contributed by atoms with Crippen molar-refractivity contribution in [2.75, 3.05) is 32.7 Å². The van der Waals surface area contributed by atoms with E-state index in [1.54, 1.807) is 11.3 Å². The van der Waals surface area contributed by atoms with Crippen molar-refractivity contribution in [2.24, 2.45) is 4.99 Å². The van der Waals surface area contributed by atoms with Crippen molar-refractivity contribution in [3.63, 3.8) is 0 Å². The van der Waals surface area contributed by atoms with Crippen molar-refractivity contribution in [3.8, 4) is 0 Å². The highest BCUT2D eigenvalue weighted by atomic mass is 127. The van der Waals surface area contributed by atoms with E-state index in [1.165, 1.54) is 15.6 Å². The molecule has 148 valence electrons. The third-order valence-electron chi connectivity index (χ3n) is 4.27. The molecule has 0 spiro atoms. The third kappa shape index (κ3) is 7.38. The SMILES string of the molecule is CCNC(=NCCCN1CCCC1=O)NCCc1nc(CC)c(C)s1.I. The number of halogens is 1. The van der Waals surface area contributed by atoms with Gasteiger partial charge >= 0.3 is 0 Å². The van der Waals surface area contributed by atoms with E-state index < -0.39 is 0 Å². The molecule has 0 unspecified atom stereocenters. The number of aryl methyl sites for hydroxylation is 2. The number of hydrogen-bond acceptors (Lipinski definition) is 4. The van der Waals surface area contributed by atoms with Crippen molar-refractivity contribution in [2.45, 2.75) is 52.9 Å². The number of guanidine groups is 1. The van der Waals surface area contributed by atoms with Crippen LogP contribution in [0.3, 0.4) is 0 Å². The van der Waals surface area contributed by atoms with Gasteiger partial charge in [0.1, 0.15) is 0 Å². The minimum Gasteiger partial charge on any atom is -0.357 e. The lowest BCUT2D eigenvalue weighted by molar-refractivity contribution is -0.127. The van der Waals surface area contributed by atoms with Crippen molar-refractivity contribution in [1.82, 2.24) is 20.5 Å². The quantitative estimate of drug-likeness (QED) is 0.240. The number of rotatable bonds is 9. The predicted molar refractivity (Wildman–Crippen MR) is 120 cm³/mol. The zero-order valence-corrected chi connectivity index (χ0v) is 19.3. The van der Waals surface area contributed by atoms with Crippen LogP contribution in [0.1, 0.15) is 48.7 Å². The number of carbonyl (C=O) groups is 1. The fourth-order valence-electron chi connectivity index (χ4n) is 2.95. The van der Waals surface area contributed by atoms with Crippen LogP contribution >= 0.6 is 35.3 Å². The van der Waals surface area contributed by atoms with Crippen LogP contribution in [0, 0.1) is 6.92 Å². The Bertz CT molecular complexity index is 590. The third-order valence-corrected chi connectivity index (χ3v) is 5.35. The highest BCUT2D eigenvalue weighted by molar-refractivity contribution is 14.0. The summed E-state index contributed by atoms with van der Waals surface area (Å²) < 4.78 is 0. The molecule has 0 aliphatic carbocycles. The molecule has 1 amide bonds. The van der Waals surface area contributed by atoms with Crippen LogP contribution in [-0.2, 0) is 17.6 Å². The summed E-state index contributed by atoms with van der Waals surface area (Å²) >= 11 is 1.79. The molecule has 1 aliphatic heterocycles. The lowest BCUT2D eigenvalue weighted by Crippen LogP contribution is -2.38. The normalized spacial score (nSPS) is 14.5. The molecule has 0 atom stereocenters. The van der Waals surface area contributed by atoms with Crippen molar-refractivity contribution >= 4 is 47.2 Å². The Morgan fingerprint density at radius 2 is 2.15 bits per heavy atom. The first-order valence-electron chi connectivity index (χ1n) is 9.39. The lowest BCUT2D eigenvalue weighted by Gasteiger charge is -2.15. The van der Waals surface area contributed by atoms with Gasteiger partial charge in [-0.15, -0.1) is 35.3 Å². The van der Waals surface area contributed by atoms with Crippen molar-refractivity contribution in [1.29, 1.82) is 0 Å². The van der Waals surface area contributed by atoms with E-state index >= 15 is 0 Å². The molecule has 8 heteroatoms. The molecule has 1 aromatic heterocycles. The fourth-order valence-corrected chi connectivity index (χ4v) is 3.97. The lowest BCUT2D eigenvalue weighted by atomic mass is 10.3. The molecule has 0 radical (unpaired) electrons. The highest BCUT2D eigenvalue weighted by Gasteiger charge is 2.18. The minimum absolute atomic E-state index is 0.